The van der Waals surface area contributed by atoms with Crippen LogP contribution in [0.25, 0.3) is 11.3 Å². The highest BCUT2D eigenvalue weighted by molar-refractivity contribution is 5.60. The summed E-state index contributed by atoms with van der Waals surface area (Å²) in [5.41, 5.74) is 4.86. The molecular formula is C15H17N. The fourth-order valence-electron chi connectivity index (χ4n) is 1.73. The molecule has 1 aromatic carbocycles. The largest absolute Gasteiger partial charge is 0.256 e. The summed E-state index contributed by atoms with van der Waals surface area (Å²) in [6, 6.07) is 12.8. The summed E-state index contributed by atoms with van der Waals surface area (Å²) in [6.07, 6.45) is 1.86. The van der Waals surface area contributed by atoms with Crippen LogP contribution in [0.15, 0.2) is 42.6 Å². The second-order valence-electron chi connectivity index (χ2n) is 4.50. The van der Waals surface area contributed by atoms with Crippen molar-refractivity contribution < 1.29 is 0 Å². The molecule has 2 rings (SSSR count). The molecule has 0 bridgehead atoms. The molecule has 1 nitrogen and oxygen atoms in total. The van der Waals surface area contributed by atoms with Gasteiger partial charge in [0.05, 0.1) is 5.69 Å². The second-order valence-corrected chi connectivity index (χ2v) is 4.50. The van der Waals surface area contributed by atoms with Gasteiger partial charge in [-0.2, -0.15) is 0 Å². The van der Waals surface area contributed by atoms with Crippen molar-refractivity contribution in [3.05, 3.63) is 53.7 Å². The summed E-state index contributed by atoms with van der Waals surface area (Å²) in [4.78, 5) is 4.38. The van der Waals surface area contributed by atoms with Crippen molar-refractivity contribution in [2.75, 3.05) is 0 Å². The van der Waals surface area contributed by atoms with Gasteiger partial charge in [-0.15, -0.1) is 0 Å². The van der Waals surface area contributed by atoms with Gasteiger partial charge in [-0.25, -0.2) is 0 Å². The van der Waals surface area contributed by atoms with Gasteiger partial charge in [-0.3, -0.25) is 4.98 Å². The Hall–Kier alpha value is -1.63. The first-order valence-corrected chi connectivity index (χ1v) is 5.70. The molecule has 0 unspecified atom stereocenters. The van der Waals surface area contributed by atoms with Crippen LogP contribution in [0.5, 0.6) is 0 Å². The van der Waals surface area contributed by atoms with Crippen LogP contribution in [0.3, 0.4) is 0 Å². The third-order valence-corrected chi connectivity index (χ3v) is 2.79. The number of aromatic nitrogens is 1. The zero-order valence-electron chi connectivity index (χ0n) is 10.1. The van der Waals surface area contributed by atoms with E-state index >= 15 is 0 Å². The SMILES string of the molecule is Cc1ccnc(-c2ccc(C(C)C)cc2)c1. The first-order chi connectivity index (χ1) is 7.66. The molecule has 1 heteroatoms. The fourth-order valence-corrected chi connectivity index (χ4v) is 1.73. The molecule has 16 heavy (non-hydrogen) atoms. The highest BCUT2D eigenvalue weighted by atomic mass is 14.7. The zero-order chi connectivity index (χ0) is 11.5. The Kier molecular flexibility index (Phi) is 3.04. The number of pyridine rings is 1. The summed E-state index contributed by atoms with van der Waals surface area (Å²) in [5, 5.41) is 0. The van der Waals surface area contributed by atoms with E-state index in [9.17, 15) is 0 Å². The van der Waals surface area contributed by atoms with E-state index in [0.717, 1.165) is 5.69 Å². The number of benzene rings is 1. The summed E-state index contributed by atoms with van der Waals surface area (Å²) < 4.78 is 0. The molecule has 1 heterocycles. The molecule has 0 aliphatic heterocycles. The van der Waals surface area contributed by atoms with Crippen molar-refractivity contribution in [2.24, 2.45) is 0 Å². The Morgan fingerprint density at radius 3 is 2.25 bits per heavy atom. The smallest absolute Gasteiger partial charge is 0.0704 e. The average molecular weight is 211 g/mol. The minimum absolute atomic E-state index is 0.583. The Morgan fingerprint density at radius 1 is 1.00 bits per heavy atom. The van der Waals surface area contributed by atoms with Gasteiger partial charge in [0, 0.05) is 11.8 Å². The Bertz CT molecular complexity index is 469. The summed E-state index contributed by atoms with van der Waals surface area (Å²) >= 11 is 0. The van der Waals surface area contributed by atoms with E-state index < -0.39 is 0 Å². The fraction of sp³-hybridized carbons (Fsp3) is 0.267. The second kappa shape index (κ2) is 4.48. The van der Waals surface area contributed by atoms with Crippen molar-refractivity contribution in [1.29, 1.82) is 0 Å². The minimum atomic E-state index is 0.583. The van der Waals surface area contributed by atoms with Gasteiger partial charge < -0.3 is 0 Å². The molecule has 0 spiro atoms. The Balaban J connectivity index is 2.35. The number of hydrogen-bond donors (Lipinski definition) is 0. The van der Waals surface area contributed by atoms with E-state index in [2.05, 4.69) is 56.1 Å². The lowest BCUT2D eigenvalue weighted by Crippen LogP contribution is -1.88. The Morgan fingerprint density at radius 2 is 1.69 bits per heavy atom. The monoisotopic (exact) mass is 211 g/mol. The van der Waals surface area contributed by atoms with E-state index in [1.165, 1.54) is 16.7 Å². The Labute approximate surface area is 97.2 Å². The summed E-state index contributed by atoms with van der Waals surface area (Å²) in [6.45, 7) is 6.51. The number of aryl methyl sites for hydroxylation is 1. The van der Waals surface area contributed by atoms with E-state index in [1.54, 1.807) is 0 Å². The van der Waals surface area contributed by atoms with Crippen LogP contribution in [0.1, 0.15) is 30.9 Å². The lowest BCUT2D eigenvalue weighted by Gasteiger charge is -2.06. The first-order valence-electron chi connectivity index (χ1n) is 5.70. The lowest BCUT2D eigenvalue weighted by atomic mass is 10.0. The van der Waals surface area contributed by atoms with Crippen LogP contribution in [0, 0.1) is 6.92 Å². The van der Waals surface area contributed by atoms with Crippen molar-refractivity contribution in [3.8, 4) is 11.3 Å². The van der Waals surface area contributed by atoms with Crippen LogP contribution in [0.4, 0.5) is 0 Å². The molecule has 0 atom stereocenters. The van der Waals surface area contributed by atoms with Crippen molar-refractivity contribution in [2.45, 2.75) is 26.7 Å². The summed E-state index contributed by atoms with van der Waals surface area (Å²) in [5.74, 6) is 0.583. The number of hydrogen-bond acceptors (Lipinski definition) is 1. The van der Waals surface area contributed by atoms with Gasteiger partial charge in [-0.1, -0.05) is 38.1 Å². The number of nitrogens with zero attached hydrogens (tertiary/aromatic N) is 1. The average Bonchev–Trinajstić information content (AvgIpc) is 2.29. The quantitative estimate of drug-likeness (QED) is 0.726. The van der Waals surface area contributed by atoms with E-state index in [0.29, 0.717) is 5.92 Å². The predicted octanol–water partition coefficient (Wildman–Crippen LogP) is 4.18. The normalized spacial score (nSPS) is 10.8. The molecule has 0 aliphatic carbocycles. The van der Waals surface area contributed by atoms with E-state index in [-0.39, 0.29) is 0 Å². The van der Waals surface area contributed by atoms with Crippen LogP contribution in [-0.2, 0) is 0 Å². The molecule has 2 aromatic rings. The topological polar surface area (TPSA) is 12.9 Å². The van der Waals surface area contributed by atoms with Gasteiger partial charge in [0.25, 0.3) is 0 Å². The van der Waals surface area contributed by atoms with E-state index in [1.807, 2.05) is 12.3 Å². The predicted molar refractivity (Wildman–Crippen MR) is 68.5 cm³/mol. The molecule has 0 fully saturated rings. The molecule has 0 saturated carbocycles. The van der Waals surface area contributed by atoms with Crippen molar-refractivity contribution in [3.63, 3.8) is 0 Å². The zero-order valence-corrected chi connectivity index (χ0v) is 10.1. The summed E-state index contributed by atoms with van der Waals surface area (Å²) in [7, 11) is 0. The third-order valence-electron chi connectivity index (χ3n) is 2.79. The van der Waals surface area contributed by atoms with Crippen molar-refractivity contribution >= 4 is 0 Å². The van der Waals surface area contributed by atoms with Crippen molar-refractivity contribution in [1.82, 2.24) is 4.98 Å². The van der Waals surface area contributed by atoms with Crippen LogP contribution < -0.4 is 0 Å². The minimum Gasteiger partial charge on any atom is -0.256 e. The molecule has 1 aromatic heterocycles. The van der Waals surface area contributed by atoms with Crippen LogP contribution in [0.2, 0.25) is 0 Å². The number of rotatable bonds is 2. The molecule has 0 saturated heterocycles. The molecule has 0 aliphatic rings. The van der Waals surface area contributed by atoms with Gasteiger partial charge in [-0.05, 0) is 36.1 Å². The maximum atomic E-state index is 4.38. The van der Waals surface area contributed by atoms with Crippen LogP contribution in [-0.4, -0.2) is 4.98 Å². The van der Waals surface area contributed by atoms with Gasteiger partial charge in [0.1, 0.15) is 0 Å². The van der Waals surface area contributed by atoms with Crippen LogP contribution >= 0.6 is 0 Å². The molecule has 0 N–H and O–H groups in total. The van der Waals surface area contributed by atoms with E-state index in [4.69, 9.17) is 0 Å². The maximum Gasteiger partial charge on any atom is 0.0704 e. The molecule has 0 radical (unpaired) electrons. The first kappa shape index (κ1) is 10.9. The standard InChI is InChI=1S/C15H17N/c1-11(2)13-4-6-14(7-5-13)15-10-12(3)8-9-16-15/h4-11H,1-3H3. The maximum absolute atomic E-state index is 4.38. The molecule has 0 amide bonds. The highest BCUT2D eigenvalue weighted by Gasteiger charge is 2.01. The highest BCUT2D eigenvalue weighted by Crippen LogP contribution is 2.21. The van der Waals surface area contributed by atoms with Gasteiger partial charge in [0.15, 0.2) is 0 Å². The van der Waals surface area contributed by atoms with Gasteiger partial charge >= 0.3 is 0 Å². The third kappa shape index (κ3) is 2.30. The van der Waals surface area contributed by atoms with Gasteiger partial charge in [0.2, 0.25) is 0 Å². The lowest BCUT2D eigenvalue weighted by molar-refractivity contribution is 0.867. The molecule has 82 valence electrons. The molecular weight excluding hydrogens is 194 g/mol.